The van der Waals surface area contributed by atoms with Gasteiger partial charge in [-0.1, -0.05) is 0 Å². The van der Waals surface area contributed by atoms with Crippen molar-refractivity contribution < 1.29 is 9.53 Å². The highest BCUT2D eigenvalue weighted by Crippen LogP contribution is 2.30. The molecule has 1 aliphatic carbocycles. The number of ether oxygens (including phenoxy) is 1. The molecule has 1 aromatic rings. The van der Waals surface area contributed by atoms with Crippen LogP contribution < -0.4 is 5.32 Å². The van der Waals surface area contributed by atoms with Gasteiger partial charge < -0.3 is 10.1 Å². The summed E-state index contributed by atoms with van der Waals surface area (Å²) in [6.45, 7) is 4.56. The molecule has 5 heteroatoms. The van der Waals surface area contributed by atoms with Gasteiger partial charge in [-0.25, -0.2) is 0 Å². The minimum atomic E-state index is -0.0128. The second kappa shape index (κ2) is 7.57. The van der Waals surface area contributed by atoms with E-state index in [1.165, 1.54) is 8.66 Å². The van der Waals surface area contributed by atoms with E-state index in [9.17, 15) is 4.79 Å². The van der Waals surface area contributed by atoms with E-state index in [1.807, 2.05) is 6.92 Å². The first-order valence-corrected chi connectivity index (χ1v) is 8.89. The summed E-state index contributed by atoms with van der Waals surface area (Å²) >= 11 is 5.28. The number of halogens is 1. The predicted molar refractivity (Wildman–Crippen MR) is 85.9 cm³/mol. The fraction of sp³-hybridized carbons (Fsp3) is 0.667. The number of rotatable bonds is 5. The molecule has 1 heterocycles. The Morgan fingerprint density at radius 3 is 2.70 bits per heavy atom. The zero-order valence-electron chi connectivity index (χ0n) is 12.0. The van der Waals surface area contributed by atoms with Crippen LogP contribution in [0.1, 0.15) is 50.4 Å². The van der Waals surface area contributed by atoms with E-state index in [1.54, 1.807) is 11.3 Å². The Labute approximate surface area is 133 Å². The lowest BCUT2D eigenvalue weighted by molar-refractivity contribution is -0.149. The third kappa shape index (κ3) is 4.30. The van der Waals surface area contributed by atoms with Gasteiger partial charge in [0.25, 0.3) is 0 Å². The number of nitrogens with one attached hydrogen (secondary N) is 1. The molecular formula is C15H22BrNO2S. The van der Waals surface area contributed by atoms with Crippen LogP contribution in [0, 0.1) is 5.92 Å². The van der Waals surface area contributed by atoms with Gasteiger partial charge in [0.2, 0.25) is 0 Å². The van der Waals surface area contributed by atoms with Gasteiger partial charge in [-0.3, -0.25) is 4.79 Å². The van der Waals surface area contributed by atoms with Crippen molar-refractivity contribution in [2.75, 3.05) is 6.61 Å². The van der Waals surface area contributed by atoms with E-state index in [0.29, 0.717) is 18.7 Å². The van der Waals surface area contributed by atoms with Crippen LogP contribution in [0.5, 0.6) is 0 Å². The van der Waals surface area contributed by atoms with Crippen LogP contribution in [-0.2, 0) is 9.53 Å². The quantitative estimate of drug-likeness (QED) is 0.797. The van der Waals surface area contributed by atoms with E-state index < -0.39 is 0 Å². The summed E-state index contributed by atoms with van der Waals surface area (Å²) < 4.78 is 6.28. The number of carbonyl (C=O) groups excluding carboxylic acids is 1. The molecule has 1 fully saturated rings. The summed E-state index contributed by atoms with van der Waals surface area (Å²) in [5, 5.41) is 3.68. The Morgan fingerprint density at radius 1 is 1.45 bits per heavy atom. The van der Waals surface area contributed by atoms with Crippen molar-refractivity contribution in [2.45, 2.75) is 51.6 Å². The van der Waals surface area contributed by atoms with Crippen LogP contribution in [0.15, 0.2) is 15.9 Å². The molecule has 0 spiro atoms. The molecule has 1 aromatic heterocycles. The molecule has 1 N–H and O–H groups in total. The van der Waals surface area contributed by atoms with Crippen molar-refractivity contribution in [1.29, 1.82) is 0 Å². The summed E-state index contributed by atoms with van der Waals surface area (Å²) in [5.74, 6) is 0.0976. The molecule has 0 aromatic carbocycles. The largest absolute Gasteiger partial charge is 0.466 e. The standard InChI is InChI=1S/C15H22BrNO2S/c1-3-19-15(18)11-4-6-12(7-5-11)17-10(2)13-8-9-14(16)20-13/h8-12,17H,3-7H2,1-2H3. The maximum absolute atomic E-state index is 11.7. The van der Waals surface area contributed by atoms with E-state index in [-0.39, 0.29) is 11.9 Å². The third-order valence-corrected chi connectivity index (χ3v) is 5.66. The monoisotopic (exact) mass is 359 g/mol. The van der Waals surface area contributed by atoms with Gasteiger partial charge >= 0.3 is 5.97 Å². The Kier molecular flexibility index (Phi) is 6.05. The van der Waals surface area contributed by atoms with Crippen LogP contribution in [0.4, 0.5) is 0 Å². The second-order valence-corrected chi connectivity index (χ2v) is 7.83. The molecule has 0 amide bonds. The number of hydrogen-bond donors (Lipinski definition) is 1. The van der Waals surface area contributed by atoms with E-state index >= 15 is 0 Å². The summed E-state index contributed by atoms with van der Waals surface area (Å²) in [4.78, 5) is 13.1. The minimum absolute atomic E-state index is 0.0128. The molecule has 2 rings (SSSR count). The Balaban J connectivity index is 1.78. The number of carbonyl (C=O) groups is 1. The van der Waals surface area contributed by atoms with Crippen LogP contribution >= 0.6 is 27.3 Å². The van der Waals surface area contributed by atoms with E-state index in [4.69, 9.17) is 4.74 Å². The fourth-order valence-electron chi connectivity index (χ4n) is 2.75. The highest BCUT2D eigenvalue weighted by atomic mass is 79.9. The van der Waals surface area contributed by atoms with Crippen LogP contribution in [0.2, 0.25) is 0 Å². The maximum atomic E-state index is 11.7. The molecular weight excluding hydrogens is 338 g/mol. The molecule has 0 radical (unpaired) electrons. The Morgan fingerprint density at radius 2 is 2.15 bits per heavy atom. The van der Waals surface area contributed by atoms with Gasteiger partial charge in [-0.05, 0) is 67.6 Å². The van der Waals surface area contributed by atoms with Gasteiger partial charge in [-0.2, -0.15) is 0 Å². The van der Waals surface area contributed by atoms with Gasteiger partial charge in [0.1, 0.15) is 0 Å². The second-order valence-electron chi connectivity index (χ2n) is 5.33. The Hall–Kier alpha value is -0.390. The van der Waals surface area contributed by atoms with Crippen molar-refractivity contribution in [3.05, 3.63) is 20.8 Å². The SMILES string of the molecule is CCOC(=O)C1CCC(NC(C)c2ccc(Br)s2)CC1. The van der Waals surface area contributed by atoms with Crippen LogP contribution in [0.3, 0.4) is 0 Å². The van der Waals surface area contributed by atoms with Crippen molar-refractivity contribution in [3.63, 3.8) is 0 Å². The van der Waals surface area contributed by atoms with Crippen molar-refractivity contribution >= 4 is 33.2 Å². The summed E-state index contributed by atoms with van der Waals surface area (Å²) in [6, 6.07) is 5.14. The molecule has 20 heavy (non-hydrogen) atoms. The molecule has 0 bridgehead atoms. The normalized spacial score (nSPS) is 24.4. The minimum Gasteiger partial charge on any atom is -0.466 e. The van der Waals surface area contributed by atoms with Crippen LogP contribution in [-0.4, -0.2) is 18.6 Å². The first-order valence-electron chi connectivity index (χ1n) is 7.28. The molecule has 1 aliphatic rings. The molecule has 1 saturated carbocycles. The molecule has 112 valence electrons. The van der Waals surface area contributed by atoms with Crippen LogP contribution in [0.25, 0.3) is 0 Å². The van der Waals surface area contributed by atoms with E-state index in [0.717, 1.165) is 25.7 Å². The van der Waals surface area contributed by atoms with Gasteiger partial charge in [-0.15, -0.1) is 11.3 Å². The number of hydrogen-bond acceptors (Lipinski definition) is 4. The zero-order chi connectivity index (χ0) is 14.5. The third-order valence-electron chi connectivity index (χ3n) is 3.85. The number of esters is 1. The average Bonchev–Trinajstić information content (AvgIpc) is 2.86. The van der Waals surface area contributed by atoms with Gasteiger partial charge in [0.05, 0.1) is 16.3 Å². The van der Waals surface area contributed by atoms with Crippen molar-refractivity contribution in [3.8, 4) is 0 Å². The average molecular weight is 360 g/mol. The lowest BCUT2D eigenvalue weighted by Gasteiger charge is -2.30. The topological polar surface area (TPSA) is 38.3 Å². The first kappa shape index (κ1) is 16.0. The van der Waals surface area contributed by atoms with Gasteiger partial charge in [0, 0.05) is 17.0 Å². The number of thiophene rings is 1. The predicted octanol–water partition coefficient (Wildman–Crippen LogP) is 4.28. The molecule has 1 atom stereocenters. The smallest absolute Gasteiger partial charge is 0.308 e. The fourth-order valence-corrected chi connectivity index (χ4v) is 4.19. The molecule has 0 saturated heterocycles. The summed E-state index contributed by atoms with van der Waals surface area (Å²) in [5.41, 5.74) is 0. The summed E-state index contributed by atoms with van der Waals surface area (Å²) in [6.07, 6.45) is 4.00. The van der Waals surface area contributed by atoms with Gasteiger partial charge in [0.15, 0.2) is 0 Å². The molecule has 0 aliphatic heterocycles. The molecule has 1 unspecified atom stereocenters. The molecule has 3 nitrogen and oxygen atoms in total. The maximum Gasteiger partial charge on any atom is 0.308 e. The van der Waals surface area contributed by atoms with Crippen molar-refractivity contribution in [2.24, 2.45) is 5.92 Å². The lowest BCUT2D eigenvalue weighted by atomic mass is 9.86. The first-order chi connectivity index (χ1) is 9.60. The highest BCUT2D eigenvalue weighted by molar-refractivity contribution is 9.11. The summed E-state index contributed by atoms with van der Waals surface area (Å²) in [7, 11) is 0. The van der Waals surface area contributed by atoms with E-state index in [2.05, 4.69) is 40.3 Å². The Bertz CT molecular complexity index is 441. The highest BCUT2D eigenvalue weighted by Gasteiger charge is 2.27. The van der Waals surface area contributed by atoms with Crippen molar-refractivity contribution in [1.82, 2.24) is 5.32 Å². The zero-order valence-corrected chi connectivity index (χ0v) is 14.4. The lowest BCUT2D eigenvalue weighted by Crippen LogP contribution is -2.36.